The van der Waals surface area contributed by atoms with Crippen molar-refractivity contribution in [1.29, 1.82) is 0 Å². The summed E-state index contributed by atoms with van der Waals surface area (Å²) in [6.45, 7) is 2.95. The van der Waals surface area contributed by atoms with Gasteiger partial charge in [0.15, 0.2) is 12.4 Å². The number of amides is 1. The minimum atomic E-state index is -5.23. The third-order valence-corrected chi connectivity index (χ3v) is 12.8. The van der Waals surface area contributed by atoms with Gasteiger partial charge in [-0.15, -0.1) is 0 Å². The maximum atomic E-state index is 13.1. The van der Waals surface area contributed by atoms with Gasteiger partial charge in [0.05, 0.1) is 25.4 Å². The van der Waals surface area contributed by atoms with Crippen LogP contribution in [0.4, 0.5) is 0 Å². The number of carbonyl (C=O) groups excluding carboxylic acids is 1. The molecule has 1 rings (SSSR count). The Morgan fingerprint density at radius 1 is 0.600 bits per heavy atom. The van der Waals surface area contributed by atoms with Gasteiger partial charge < -0.3 is 30.1 Å². The summed E-state index contributed by atoms with van der Waals surface area (Å²) in [5.41, 5.74) is 0. The van der Waals surface area contributed by atoms with Crippen LogP contribution in [0.5, 0.6) is 0 Å². The van der Waals surface area contributed by atoms with Crippen molar-refractivity contribution in [2.75, 3.05) is 13.2 Å². The Bertz CT molecular complexity index is 1430. The van der Waals surface area contributed by atoms with Crippen LogP contribution >= 0.6 is 0 Å². The first-order valence-corrected chi connectivity index (χ1v) is 28.1. The van der Waals surface area contributed by atoms with E-state index in [0.717, 1.165) is 44.9 Å². The van der Waals surface area contributed by atoms with E-state index in [2.05, 4.69) is 39.7 Å². The summed E-state index contributed by atoms with van der Waals surface area (Å²) in [4.78, 5) is 13.1. The van der Waals surface area contributed by atoms with Gasteiger partial charge in [-0.05, 0) is 44.9 Å². The van der Waals surface area contributed by atoms with E-state index in [0.29, 0.717) is 12.8 Å². The first-order chi connectivity index (χ1) is 31.2. The Morgan fingerprint density at radius 3 is 1.45 bits per heavy atom. The third kappa shape index (κ3) is 35.3. The molecule has 7 atom stereocenters. The summed E-state index contributed by atoms with van der Waals surface area (Å²) in [7, 11) is -10.2. The van der Waals surface area contributed by atoms with E-state index in [1.165, 1.54) is 147 Å². The summed E-state index contributed by atoms with van der Waals surface area (Å²) < 4.78 is 84.0. The number of aliphatic hydroxyl groups excluding tert-OH is 3. The van der Waals surface area contributed by atoms with Crippen molar-refractivity contribution < 1.29 is 63.9 Å². The van der Waals surface area contributed by atoms with E-state index >= 15 is 0 Å². The van der Waals surface area contributed by atoms with Gasteiger partial charge in [0.1, 0.15) is 18.3 Å². The summed E-state index contributed by atoms with van der Waals surface area (Å²) >= 11 is 0. The summed E-state index contributed by atoms with van der Waals surface area (Å²) in [6.07, 6.45) is 33.9. The van der Waals surface area contributed by atoms with Crippen LogP contribution < -0.4 is 5.32 Å². The molecule has 17 heteroatoms. The molecule has 0 aromatic heterocycles. The zero-order valence-electron chi connectivity index (χ0n) is 40.1. The van der Waals surface area contributed by atoms with E-state index in [9.17, 15) is 41.5 Å². The number of rotatable bonds is 44. The van der Waals surface area contributed by atoms with Crippen molar-refractivity contribution in [3.8, 4) is 0 Å². The lowest BCUT2D eigenvalue weighted by molar-refractivity contribution is -0.296. The highest BCUT2D eigenvalue weighted by Gasteiger charge is 2.48. The van der Waals surface area contributed by atoms with Gasteiger partial charge in [0.25, 0.3) is 0 Å². The second-order valence-corrected chi connectivity index (χ2v) is 20.1. The van der Waals surface area contributed by atoms with Crippen LogP contribution in [-0.2, 0) is 43.4 Å². The highest BCUT2D eigenvalue weighted by Crippen LogP contribution is 2.27. The monoisotopic (exact) mass is 970 g/mol. The third-order valence-electron chi connectivity index (χ3n) is 11.9. The molecule has 0 bridgehead atoms. The second-order valence-electron chi connectivity index (χ2n) is 17.9. The average molecular weight is 970 g/mol. The van der Waals surface area contributed by atoms with E-state index < -0.39 is 76.9 Å². The van der Waals surface area contributed by atoms with Gasteiger partial charge in [-0.2, -0.15) is 16.8 Å². The lowest BCUT2D eigenvalue weighted by Crippen LogP contribution is -2.61. The molecule has 384 valence electrons. The molecule has 0 saturated carbocycles. The largest absolute Gasteiger partial charge is 0.397 e. The Hall–Kier alpha value is -1.51. The zero-order valence-corrected chi connectivity index (χ0v) is 41.8. The predicted octanol–water partition coefficient (Wildman–Crippen LogP) is 9.94. The molecule has 1 aliphatic heterocycles. The molecule has 65 heavy (non-hydrogen) atoms. The molecule has 0 spiro atoms. The number of hydrogen-bond acceptors (Lipinski definition) is 12. The second kappa shape index (κ2) is 39.3. The maximum Gasteiger partial charge on any atom is 0.397 e. The van der Waals surface area contributed by atoms with Gasteiger partial charge in [0, 0.05) is 6.42 Å². The molecule has 6 N–H and O–H groups in total. The van der Waals surface area contributed by atoms with Gasteiger partial charge in [-0.1, -0.05) is 192 Å². The van der Waals surface area contributed by atoms with Gasteiger partial charge in [0.2, 0.25) is 5.91 Å². The number of allylic oxidation sites excluding steroid dienone is 3. The lowest BCUT2D eigenvalue weighted by Gasteiger charge is -2.41. The number of nitrogens with one attached hydrogen (secondary N) is 1. The van der Waals surface area contributed by atoms with Crippen LogP contribution in [0.15, 0.2) is 24.3 Å². The Labute approximate surface area is 394 Å². The summed E-state index contributed by atoms with van der Waals surface area (Å²) in [6, 6.07) is -1.09. The van der Waals surface area contributed by atoms with Crippen LogP contribution in [0.2, 0.25) is 0 Å². The van der Waals surface area contributed by atoms with E-state index in [4.69, 9.17) is 14.0 Å². The van der Waals surface area contributed by atoms with E-state index in [-0.39, 0.29) is 12.3 Å². The molecule has 0 unspecified atom stereocenters. The van der Waals surface area contributed by atoms with Crippen LogP contribution in [0, 0.1) is 0 Å². The van der Waals surface area contributed by atoms with Crippen molar-refractivity contribution in [2.24, 2.45) is 0 Å². The van der Waals surface area contributed by atoms with Crippen LogP contribution in [0.25, 0.3) is 0 Å². The average Bonchev–Trinajstić information content (AvgIpc) is 3.25. The smallest absolute Gasteiger partial charge is 0.387 e. The SMILES string of the molecule is CCCCCCCC/C=C\CCCCCCCCCCCCCC(=O)N[C@@H](CO[C@@H]1O[C@H](COS(=O)(=O)O)[C@H](O)[C@H](O)[C@H]1OS(=O)(=O)O)[C@H](O)/C=C/CCCCCCCCCCCCC. The lowest BCUT2D eigenvalue weighted by atomic mass is 9.99. The van der Waals surface area contributed by atoms with E-state index in [1.54, 1.807) is 0 Å². The minimum Gasteiger partial charge on any atom is -0.387 e. The molecule has 1 saturated heterocycles. The van der Waals surface area contributed by atoms with Crippen molar-refractivity contribution in [3.63, 3.8) is 0 Å². The predicted molar refractivity (Wildman–Crippen MR) is 256 cm³/mol. The van der Waals surface area contributed by atoms with Gasteiger partial charge >= 0.3 is 20.8 Å². The quantitative estimate of drug-likeness (QED) is 0.0189. The molecule has 0 aliphatic carbocycles. The fraction of sp³-hybridized carbons (Fsp3) is 0.896. The topological polar surface area (TPSA) is 235 Å². The fourth-order valence-electron chi connectivity index (χ4n) is 7.99. The number of hydrogen-bond donors (Lipinski definition) is 6. The Morgan fingerprint density at radius 2 is 1.02 bits per heavy atom. The number of ether oxygens (including phenoxy) is 2. The van der Waals surface area contributed by atoms with Crippen molar-refractivity contribution in [1.82, 2.24) is 5.32 Å². The van der Waals surface area contributed by atoms with Gasteiger partial charge in [-0.25, -0.2) is 8.37 Å². The summed E-state index contributed by atoms with van der Waals surface area (Å²) in [5, 5.41) is 35.1. The first kappa shape index (κ1) is 61.5. The van der Waals surface area contributed by atoms with Crippen molar-refractivity contribution >= 4 is 26.7 Å². The maximum absolute atomic E-state index is 13.1. The Balaban J connectivity index is 2.60. The molecule has 0 aromatic rings. The minimum absolute atomic E-state index is 0.189. The van der Waals surface area contributed by atoms with Gasteiger partial charge in [-0.3, -0.25) is 13.9 Å². The van der Waals surface area contributed by atoms with Crippen molar-refractivity contribution in [3.05, 3.63) is 24.3 Å². The highest BCUT2D eigenvalue weighted by atomic mass is 32.3. The molecule has 15 nitrogen and oxygen atoms in total. The molecular weight excluding hydrogens is 879 g/mol. The number of unbranched alkanes of at least 4 members (excludes halogenated alkanes) is 28. The molecule has 1 heterocycles. The molecule has 0 radical (unpaired) electrons. The van der Waals surface area contributed by atoms with Crippen molar-refractivity contribution in [2.45, 2.75) is 262 Å². The highest BCUT2D eigenvalue weighted by molar-refractivity contribution is 7.81. The number of aliphatic hydroxyl groups is 3. The first-order valence-electron chi connectivity index (χ1n) is 25.4. The van der Waals surface area contributed by atoms with E-state index in [1.807, 2.05) is 6.08 Å². The Kier molecular flexibility index (Phi) is 37.2. The normalized spacial score (nSPS) is 20.5. The summed E-state index contributed by atoms with van der Waals surface area (Å²) in [5.74, 6) is -0.352. The fourth-order valence-corrected chi connectivity index (χ4v) is 8.78. The zero-order chi connectivity index (χ0) is 48.0. The molecule has 1 amide bonds. The molecule has 1 fully saturated rings. The standard InChI is InChI=1S/C48H91NO14S2/c1-3-5-7-9-11-13-15-17-18-19-20-21-22-23-24-26-28-30-32-34-36-38-44(51)49-41(42(50)37-35-33-31-29-27-25-16-14-12-10-8-6-4-2)39-60-48-47(63-65(57,58)59)46(53)45(52)43(62-48)40-61-64(54,55)56/h17-18,35,37,41-43,45-48,50,52-53H,3-16,19-34,36,38-40H2,1-2H3,(H,49,51)(H,54,55,56)(H,57,58,59)/b18-17-,37-35+/t41-,42+,43+,45-,46-,47+,48+/m0/s1. The number of carbonyl (C=O) groups is 1. The molecular formula is C48H91NO14S2. The molecule has 0 aromatic carbocycles. The van der Waals surface area contributed by atoms with Crippen LogP contribution in [0.1, 0.15) is 219 Å². The molecule has 1 aliphatic rings. The van der Waals surface area contributed by atoms with Crippen LogP contribution in [0.3, 0.4) is 0 Å². The van der Waals surface area contributed by atoms with Crippen LogP contribution in [-0.4, -0.2) is 103 Å².